The van der Waals surface area contributed by atoms with Crippen LogP contribution in [0, 0.1) is 0 Å². The third kappa shape index (κ3) is 3.54. The molecule has 3 heterocycles. The van der Waals surface area contributed by atoms with Crippen molar-refractivity contribution in [1.82, 2.24) is 17.4 Å². The lowest BCUT2D eigenvalue weighted by Gasteiger charge is -2.25. The quantitative estimate of drug-likeness (QED) is 0.403. The van der Waals surface area contributed by atoms with E-state index in [1.165, 1.54) is 19.5 Å². The van der Waals surface area contributed by atoms with Crippen molar-refractivity contribution in [2.75, 3.05) is 32.9 Å². The highest BCUT2D eigenvalue weighted by atomic mass is 32.2. The zero-order valence-corrected chi connectivity index (χ0v) is 19.6. The van der Waals surface area contributed by atoms with E-state index < -0.39 is 21.7 Å². The SMILES string of the molecule is CCCOc1cccc(-n2c(=O)n(S(=O)(=O)N3CCOCC3)c3cc4oc(=O)n(C)c4cc32)c1. The van der Waals surface area contributed by atoms with Crippen molar-refractivity contribution in [3.05, 3.63) is 57.4 Å². The fourth-order valence-electron chi connectivity index (χ4n) is 4.09. The molecule has 5 rings (SSSR count). The van der Waals surface area contributed by atoms with E-state index in [2.05, 4.69) is 0 Å². The highest BCUT2D eigenvalue weighted by Crippen LogP contribution is 2.27. The van der Waals surface area contributed by atoms with Gasteiger partial charge in [-0.05, 0) is 24.6 Å². The topological polar surface area (TPSA) is 118 Å². The van der Waals surface area contributed by atoms with Gasteiger partial charge in [0.1, 0.15) is 5.75 Å². The van der Waals surface area contributed by atoms with E-state index in [0.29, 0.717) is 29.1 Å². The van der Waals surface area contributed by atoms with Gasteiger partial charge in [-0.25, -0.2) is 9.59 Å². The van der Waals surface area contributed by atoms with Gasteiger partial charge in [0.2, 0.25) is 0 Å². The van der Waals surface area contributed by atoms with Crippen molar-refractivity contribution in [3.63, 3.8) is 0 Å². The molecule has 34 heavy (non-hydrogen) atoms. The van der Waals surface area contributed by atoms with E-state index in [-0.39, 0.29) is 37.4 Å². The molecule has 2 aromatic heterocycles. The summed E-state index contributed by atoms with van der Waals surface area (Å²) in [6.45, 7) is 3.22. The van der Waals surface area contributed by atoms with Crippen LogP contribution in [-0.2, 0) is 22.0 Å². The molecular formula is C22H24N4O7S. The lowest BCUT2D eigenvalue weighted by Crippen LogP contribution is -2.46. The highest BCUT2D eigenvalue weighted by molar-refractivity contribution is 7.87. The van der Waals surface area contributed by atoms with Crippen LogP contribution in [0.5, 0.6) is 5.75 Å². The van der Waals surface area contributed by atoms with Crippen LogP contribution in [0.2, 0.25) is 0 Å². The fourth-order valence-corrected chi connectivity index (χ4v) is 5.60. The molecule has 0 saturated carbocycles. The summed E-state index contributed by atoms with van der Waals surface area (Å²) in [5, 5.41) is 0. The van der Waals surface area contributed by atoms with E-state index in [1.54, 1.807) is 37.4 Å². The molecule has 0 radical (unpaired) electrons. The summed E-state index contributed by atoms with van der Waals surface area (Å²) in [7, 11) is -2.68. The number of aryl methyl sites for hydroxylation is 1. The van der Waals surface area contributed by atoms with Gasteiger partial charge >= 0.3 is 21.7 Å². The van der Waals surface area contributed by atoms with Crippen molar-refractivity contribution in [2.24, 2.45) is 7.05 Å². The first-order valence-corrected chi connectivity index (χ1v) is 12.3. The Kier molecular flexibility index (Phi) is 5.58. The van der Waals surface area contributed by atoms with Gasteiger partial charge in [-0.1, -0.05) is 13.0 Å². The Morgan fingerprint density at radius 1 is 1.03 bits per heavy atom. The summed E-state index contributed by atoms with van der Waals surface area (Å²) in [4.78, 5) is 25.8. The van der Waals surface area contributed by atoms with Crippen LogP contribution >= 0.6 is 0 Å². The van der Waals surface area contributed by atoms with E-state index in [0.717, 1.165) is 10.4 Å². The summed E-state index contributed by atoms with van der Waals surface area (Å²) in [5.41, 5.74) is 0.726. The summed E-state index contributed by atoms with van der Waals surface area (Å²) in [6.07, 6.45) is 0.813. The second-order valence-electron chi connectivity index (χ2n) is 7.98. The molecule has 12 heteroatoms. The number of oxazole rings is 1. The number of aromatic nitrogens is 3. The number of imidazole rings is 1. The van der Waals surface area contributed by atoms with Crippen LogP contribution in [0.3, 0.4) is 0 Å². The third-order valence-electron chi connectivity index (χ3n) is 5.79. The van der Waals surface area contributed by atoms with Gasteiger partial charge < -0.3 is 13.9 Å². The molecule has 2 aromatic carbocycles. The molecule has 4 aromatic rings. The Bertz CT molecular complexity index is 1600. The third-order valence-corrected chi connectivity index (χ3v) is 7.62. The first-order valence-electron chi connectivity index (χ1n) is 10.9. The summed E-state index contributed by atoms with van der Waals surface area (Å²) < 4.78 is 48.0. The van der Waals surface area contributed by atoms with Crippen LogP contribution in [0.4, 0.5) is 0 Å². The first-order chi connectivity index (χ1) is 16.3. The molecule has 1 aliphatic rings. The van der Waals surface area contributed by atoms with Crippen LogP contribution in [-0.4, -0.2) is 58.7 Å². The number of fused-ring (bicyclic) bond motifs is 2. The van der Waals surface area contributed by atoms with Crippen molar-refractivity contribution in [2.45, 2.75) is 13.3 Å². The van der Waals surface area contributed by atoms with Crippen LogP contribution in [0.1, 0.15) is 13.3 Å². The molecular weight excluding hydrogens is 464 g/mol. The Balaban J connectivity index is 1.82. The van der Waals surface area contributed by atoms with E-state index >= 15 is 0 Å². The molecule has 0 bridgehead atoms. The zero-order chi connectivity index (χ0) is 24.0. The number of rotatable bonds is 6. The second kappa shape index (κ2) is 8.46. The largest absolute Gasteiger partial charge is 0.494 e. The normalized spacial score (nSPS) is 15.4. The average Bonchev–Trinajstić information content (AvgIpc) is 3.28. The predicted octanol–water partition coefficient (Wildman–Crippen LogP) is 1.45. The van der Waals surface area contributed by atoms with Gasteiger partial charge in [-0.15, -0.1) is 0 Å². The minimum Gasteiger partial charge on any atom is -0.494 e. The van der Waals surface area contributed by atoms with Gasteiger partial charge in [-0.3, -0.25) is 9.13 Å². The number of ether oxygens (including phenoxy) is 2. The molecule has 0 amide bonds. The fraction of sp³-hybridized carbons (Fsp3) is 0.364. The molecule has 0 atom stereocenters. The van der Waals surface area contributed by atoms with Crippen LogP contribution in [0.15, 0.2) is 50.4 Å². The number of hydrogen-bond acceptors (Lipinski definition) is 7. The molecule has 11 nitrogen and oxygen atoms in total. The smallest absolute Gasteiger partial charge is 0.419 e. The van der Waals surface area contributed by atoms with Crippen molar-refractivity contribution in [1.29, 1.82) is 0 Å². The van der Waals surface area contributed by atoms with Crippen molar-refractivity contribution in [3.8, 4) is 11.4 Å². The zero-order valence-electron chi connectivity index (χ0n) is 18.8. The lowest BCUT2D eigenvalue weighted by molar-refractivity contribution is 0.0726. The maximum atomic E-state index is 13.7. The Morgan fingerprint density at radius 2 is 1.79 bits per heavy atom. The Morgan fingerprint density at radius 3 is 2.53 bits per heavy atom. The Hall–Kier alpha value is -3.35. The van der Waals surface area contributed by atoms with Gasteiger partial charge in [0.05, 0.1) is 42.1 Å². The molecule has 0 spiro atoms. The monoisotopic (exact) mass is 488 g/mol. The summed E-state index contributed by atoms with van der Waals surface area (Å²) in [6, 6.07) is 9.89. The minimum atomic E-state index is -4.22. The maximum Gasteiger partial charge on any atom is 0.419 e. The summed E-state index contributed by atoms with van der Waals surface area (Å²) in [5.74, 6) is -0.0333. The standard InChI is InChI=1S/C22H24N4O7S/c1-3-9-32-16-6-4-5-15(12-16)25-17-13-19-20(33-22(28)23(19)2)14-18(17)26(21(25)27)34(29,30)24-7-10-31-11-8-24/h4-6,12-14H,3,7-11H2,1-2H3. The molecule has 1 aliphatic heterocycles. The van der Waals surface area contributed by atoms with Gasteiger partial charge in [0.15, 0.2) is 5.58 Å². The molecule has 1 fully saturated rings. The van der Waals surface area contributed by atoms with Crippen molar-refractivity contribution < 1.29 is 22.3 Å². The van der Waals surface area contributed by atoms with E-state index in [9.17, 15) is 18.0 Å². The first kappa shape index (κ1) is 22.4. The van der Waals surface area contributed by atoms with E-state index in [4.69, 9.17) is 13.9 Å². The second-order valence-corrected chi connectivity index (χ2v) is 9.76. The van der Waals surface area contributed by atoms with Crippen LogP contribution < -0.4 is 16.2 Å². The highest BCUT2D eigenvalue weighted by Gasteiger charge is 2.32. The number of morpholine rings is 1. The number of hydrogen-bond donors (Lipinski definition) is 0. The molecule has 0 aliphatic carbocycles. The van der Waals surface area contributed by atoms with Gasteiger partial charge in [0, 0.05) is 32.3 Å². The maximum absolute atomic E-state index is 13.7. The Labute approximate surface area is 194 Å². The number of nitrogens with zero attached hydrogens (tertiary/aromatic N) is 4. The van der Waals surface area contributed by atoms with Gasteiger partial charge in [-0.2, -0.15) is 16.7 Å². The average molecular weight is 489 g/mol. The minimum absolute atomic E-state index is 0.109. The molecule has 0 unspecified atom stereocenters. The lowest BCUT2D eigenvalue weighted by atomic mass is 10.2. The van der Waals surface area contributed by atoms with Crippen LogP contribution in [0.25, 0.3) is 27.8 Å². The molecule has 1 saturated heterocycles. The number of benzene rings is 2. The van der Waals surface area contributed by atoms with E-state index in [1.807, 2.05) is 6.92 Å². The molecule has 0 N–H and O–H groups in total. The van der Waals surface area contributed by atoms with Crippen molar-refractivity contribution >= 4 is 32.3 Å². The predicted molar refractivity (Wildman–Crippen MR) is 125 cm³/mol. The van der Waals surface area contributed by atoms with Gasteiger partial charge in [0.25, 0.3) is 0 Å². The summed E-state index contributed by atoms with van der Waals surface area (Å²) >= 11 is 0. The molecule has 180 valence electrons.